The Bertz CT molecular complexity index is 2340. The number of aromatic nitrogens is 1. The summed E-state index contributed by atoms with van der Waals surface area (Å²) in [5.41, 5.74) is -1.41. The van der Waals surface area contributed by atoms with Crippen LogP contribution >= 0.6 is 23.2 Å². The van der Waals surface area contributed by atoms with Crippen molar-refractivity contribution in [2.24, 2.45) is 29.1 Å². The zero-order valence-electron chi connectivity index (χ0n) is 27.9. The molecule has 0 bridgehead atoms. The maximum Gasteiger partial charge on any atom is 0.433 e. The van der Waals surface area contributed by atoms with E-state index in [1.807, 2.05) is 6.08 Å². The summed E-state index contributed by atoms with van der Waals surface area (Å²) >= 11 is 12.4. The molecule has 0 radical (unpaired) electrons. The van der Waals surface area contributed by atoms with Crippen molar-refractivity contribution in [3.05, 3.63) is 105 Å². The number of fused-ring (bicyclic) bond motifs is 5. The maximum absolute atomic E-state index is 14.8. The van der Waals surface area contributed by atoms with Crippen LogP contribution in [0.25, 0.3) is 10.8 Å². The van der Waals surface area contributed by atoms with Gasteiger partial charge >= 0.3 is 6.18 Å². The van der Waals surface area contributed by atoms with Gasteiger partial charge in [-0.1, -0.05) is 65.2 Å². The van der Waals surface area contributed by atoms with Crippen LogP contribution in [0.2, 0.25) is 10.0 Å². The lowest BCUT2D eigenvalue weighted by Crippen LogP contribution is -2.49. The van der Waals surface area contributed by atoms with Gasteiger partial charge in [-0.2, -0.15) is 18.2 Å². The van der Waals surface area contributed by atoms with Crippen LogP contribution in [0.3, 0.4) is 0 Å². The highest BCUT2D eigenvalue weighted by atomic mass is 35.5. The van der Waals surface area contributed by atoms with Crippen LogP contribution in [0, 0.1) is 34.9 Å². The fourth-order valence-electron chi connectivity index (χ4n) is 8.98. The Morgan fingerprint density at radius 3 is 2.32 bits per heavy atom. The van der Waals surface area contributed by atoms with E-state index in [0.717, 1.165) is 27.1 Å². The number of carbonyl (C=O) groups excluding carboxylic acids is 4. The molecular formula is C38H28Cl2F4N4O5. The van der Waals surface area contributed by atoms with Gasteiger partial charge in [0.25, 0.3) is 11.8 Å². The molecule has 15 heteroatoms. The number of rotatable bonds is 4. The lowest BCUT2D eigenvalue weighted by molar-refractivity contribution is -0.141. The van der Waals surface area contributed by atoms with E-state index in [4.69, 9.17) is 23.2 Å². The molecule has 6 atom stereocenters. The van der Waals surface area contributed by atoms with E-state index in [2.05, 4.69) is 4.98 Å². The number of aromatic hydroxyl groups is 1. The second kappa shape index (κ2) is 12.0. The minimum atomic E-state index is -4.83. The molecule has 272 valence electrons. The van der Waals surface area contributed by atoms with Crippen LogP contribution in [-0.4, -0.2) is 45.8 Å². The summed E-state index contributed by atoms with van der Waals surface area (Å²) in [6, 6.07) is 15.4. The molecule has 6 unspecified atom stereocenters. The molecule has 1 saturated carbocycles. The average Bonchev–Trinajstić information content (AvgIpc) is 3.49. The second-order valence-electron chi connectivity index (χ2n) is 14.0. The van der Waals surface area contributed by atoms with Crippen molar-refractivity contribution in [1.29, 1.82) is 0 Å². The standard InChI is InChI=1S/C38H28Cl2F4N4O5/c1-37-24(34(51)47(36(37)53)17-7-12-27(41)26(40)15-17)16-23-21(31(37)20-10-13-28(49)19-6-4-3-5-18(19)20)8-9-22-30(23)35(52)48(33(22)50)46(2)32-25(39)11-14-29(45-32)38(42,43)44/h3-8,10-15,22-24,30-31,49H,9,16H2,1-2H3. The summed E-state index contributed by atoms with van der Waals surface area (Å²) in [6.45, 7) is 1.68. The highest BCUT2D eigenvalue weighted by molar-refractivity contribution is 6.33. The SMILES string of the molecule is CN(c1nc(C(F)(F)F)ccc1Cl)N1C(=O)C2CC=C3C(CC4C(=O)N(c5ccc(F)c(Cl)c5)C(=O)C4(C)C3c3ccc(O)c4ccccc34)C2C1=O. The molecule has 2 aliphatic heterocycles. The Morgan fingerprint density at radius 2 is 1.62 bits per heavy atom. The smallest absolute Gasteiger partial charge is 0.433 e. The van der Waals surface area contributed by atoms with Crippen molar-refractivity contribution >= 4 is 69.1 Å². The van der Waals surface area contributed by atoms with Gasteiger partial charge in [0, 0.05) is 18.4 Å². The highest BCUT2D eigenvalue weighted by Gasteiger charge is 2.68. The van der Waals surface area contributed by atoms with Crippen molar-refractivity contribution < 1.29 is 41.8 Å². The number of carbonyl (C=O) groups is 4. The van der Waals surface area contributed by atoms with Crippen LogP contribution in [0.5, 0.6) is 5.75 Å². The Kier molecular flexibility index (Phi) is 7.94. The van der Waals surface area contributed by atoms with Gasteiger partial charge in [-0.25, -0.2) is 14.3 Å². The van der Waals surface area contributed by atoms with Crippen LogP contribution in [0.15, 0.2) is 78.4 Å². The molecule has 2 aliphatic carbocycles. The molecule has 3 heterocycles. The Balaban J connectivity index is 1.27. The predicted octanol–water partition coefficient (Wildman–Crippen LogP) is 7.69. The van der Waals surface area contributed by atoms with E-state index >= 15 is 0 Å². The van der Waals surface area contributed by atoms with Crippen LogP contribution in [-0.2, 0) is 25.4 Å². The third-order valence-electron chi connectivity index (χ3n) is 11.4. The Labute approximate surface area is 309 Å². The number of phenols is 1. The monoisotopic (exact) mass is 766 g/mol. The van der Waals surface area contributed by atoms with E-state index in [0.29, 0.717) is 28.0 Å². The zero-order chi connectivity index (χ0) is 37.9. The average molecular weight is 768 g/mol. The Morgan fingerprint density at radius 1 is 0.906 bits per heavy atom. The summed E-state index contributed by atoms with van der Waals surface area (Å²) in [5, 5.41) is 13.1. The molecule has 2 saturated heterocycles. The molecule has 1 aromatic heterocycles. The molecule has 4 amide bonds. The fraction of sp³-hybridized carbons (Fsp3) is 0.289. The van der Waals surface area contributed by atoms with Crippen LogP contribution < -0.4 is 9.91 Å². The maximum atomic E-state index is 14.8. The van der Waals surface area contributed by atoms with Gasteiger partial charge in [0.2, 0.25) is 11.8 Å². The number of halogens is 6. The molecule has 1 N–H and O–H groups in total. The van der Waals surface area contributed by atoms with Gasteiger partial charge in [-0.05, 0) is 73.0 Å². The molecule has 8 rings (SSSR count). The number of hydrazine groups is 1. The first-order valence-electron chi connectivity index (χ1n) is 16.6. The molecule has 3 aromatic carbocycles. The van der Waals surface area contributed by atoms with Gasteiger partial charge < -0.3 is 5.11 Å². The van der Waals surface area contributed by atoms with Crippen molar-refractivity contribution in [3.8, 4) is 5.75 Å². The molecule has 4 aliphatic rings. The summed E-state index contributed by atoms with van der Waals surface area (Å²) in [5.74, 6) is -8.40. The van der Waals surface area contributed by atoms with Gasteiger partial charge in [0.1, 0.15) is 17.3 Å². The van der Waals surface area contributed by atoms with Crippen LogP contribution in [0.4, 0.5) is 29.1 Å². The topological polar surface area (TPSA) is 111 Å². The van der Waals surface area contributed by atoms with E-state index in [9.17, 15) is 41.8 Å². The highest BCUT2D eigenvalue weighted by Crippen LogP contribution is 2.64. The minimum Gasteiger partial charge on any atom is -0.507 e. The fourth-order valence-corrected chi connectivity index (χ4v) is 9.38. The number of anilines is 2. The van der Waals surface area contributed by atoms with Crippen LogP contribution in [0.1, 0.15) is 36.9 Å². The number of hydrogen-bond donors (Lipinski definition) is 1. The number of allylic oxidation sites excluding steroid dienone is 2. The largest absolute Gasteiger partial charge is 0.507 e. The summed E-state index contributed by atoms with van der Waals surface area (Å²) in [7, 11) is 1.23. The summed E-state index contributed by atoms with van der Waals surface area (Å²) < 4.78 is 55.1. The lowest BCUT2D eigenvalue weighted by atomic mass is 9.51. The summed E-state index contributed by atoms with van der Waals surface area (Å²) in [6.07, 6.45) is -2.97. The molecule has 3 fully saturated rings. The molecule has 4 aromatic rings. The van der Waals surface area contributed by atoms with Crippen molar-refractivity contribution in [1.82, 2.24) is 9.99 Å². The first-order chi connectivity index (χ1) is 25.0. The van der Waals surface area contributed by atoms with Crippen molar-refractivity contribution in [2.75, 3.05) is 17.0 Å². The summed E-state index contributed by atoms with van der Waals surface area (Å²) in [4.78, 5) is 62.4. The van der Waals surface area contributed by atoms with Gasteiger partial charge in [0.05, 0.1) is 38.9 Å². The number of nitrogens with zero attached hydrogens (tertiary/aromatic N) is 4. The van der Waals surface area contributed by atoms with E-state index in [-0.39, 0.29) is 34.3 Å². The molecular weight excluding hydrogens is 739 g/mol. The quantitative estimate of drug-likeness (QED) is 0.129. The van der Waals surface area contributed by atoms with Gasteiger partial charge in [0.15, 0.2) is 5.82 Å². The third-order valence-corrected chi connectivity index (χ3v) is 12.0. The minimum absolute atomic E-state index is 0.00962. The van der Waals surface area contributed by atoms with Crippen molar-refractivity contribution in [3.63, 3.8) is 0 Å². The number of alkyl halides is 3. The first-order valence-corrected chi connectivity index (χ1v) is 17.4. The van der Waals surface area contributed by atoms with Gasteiger partial charge in [-0.15, -0.1) is 0 Å². The number of benzene rings is 3. The first kappa shape index (κ1) is 35.0. The van der Waals surface area contributed by atoms with E-state index in [1.54, 1.807) is 37.3 Å². The number of amides is 4. The zero-order valence-corrected chi connectivity index (χ0v) is 29.4. The third kappa shape index (κ3) is 5.00. The number of imide groups is 2. The lowest BCUT2D eigenvalue weighted by Gasteiger charge is -2.49. The number of phenolic OH excluding ortho intramolecular Hbond substituents is 1. The molecule has 53 heavy (non-hydrogen) atoms. The molecule has 9 nitrogen and oxygen atoms in total. The predicted molar refractivity (Wildman–Crippen MR) is 186 cm³/mol. The van der Waals surface area contributed by atoms with Gasteiger partial charge in [-0.3, -0.25) is 24.2 Å². The Hall–Kier alpha value is -5.01. The normalized spacial score (nSPS) is 26.9. The molecule has 0 spiro atoms. The number of hydrogen-bond acceptors (Lipinski definition) is 7. The van der Waals surface area contributed by atoms with E-state index < -0.39 is 82.1 Å². The van der Waals surface area contributed by atoms with Crippen molar-refractivity contribution in [2.45, 2.75) is 31.9 Å². The second-order valence-corrected chi connectivity index (χ2v) is 14.8. The number of pyridine rings is 1. The van der Waals surface area contributed by atoms with E-state index in [1.165, 1.54) is 25.2 Å².